The van der Waals surface area contributed by atoms with Gasteiger partial charge in [0.25, 0.3) is 5.56 Å². The highest BCUT2D eigenvalue weighted by molar-refractivity contribution is 5.63. The molecule has 3 nitrogen and oxygen atoms in total. The van der Waals surface area contributed by atoms with E-state index < -0.39 is 0 Å². The van der Waals surface area contributed by atoms with Gasteiger partial charge in [0.15, 0.2) is 0 Å². The Morgan fingerprint density at radius 1 is 1.29 bits per heavy atom. The van der Waals surface area contributed by atoms with Crippen molar-refractivity contribution < 1.29 is 0 Å². The molecule has 1 heterocycles. The van der Waals surface area contributed by atoms with Crippen LogP contribution in [0.3, 0.4) is 0 Å². The second-order valence-corrected chi connectivity index (χ2v) is 3.74. The Morgan fingerprint density at radius 2 is 2.00 bits per heavy atom. The molecule has 1 aromatic carbocycles. The van der Waals surface area contributed by atoms with E-state index in [-0.39, 0.29) is 11.1 Å². The Bertz CT molecular complexity index is 621. The van der Waals surface area contributed by atoms with Gasteiger partial charge in [0.1, 0.15) is 11.6 Å². The molecule has 2 aromatic rings. The fraction of sp³-hybridized carbons (Fsp3) is 0.143. The quantitative estimate of drug-likeness (QED) is 0.851. The van der Waals surface area contributed by atoms with E-state index in [1.807, 2.05) is 43.3 Å². The van der Waals surface area contributed by atoms with E-state index in [9.17, 15) is 4.79 Å². The third kappa shape index (κ3) is 2.11. The Kier molecular flexibility index (Phi) is 3.06. The maximum Gasteiger partial charge on any atom is 0.266 e. The number of H-pyrrole nitrogens is 1. The van der Waals surface area contributed by atoms with E-state index in [4.69, 9.17) is 5.26 Å². The van der Waals surface area contributed by atoms with Gasteiger partial charge in [-0.05, 0) is 23.6 Å². The average molecular weight is 224 g/mol. The van der Waals surface area contributed by atoms with Gasteiger partial charge < -0.3 is 4.98 Å². The van der Waals surface area contributed by atoms with Gasteiger partial charge in [-0.1, -0.05) is 37.3 Å². The van der Waals surface area contributed by atoms with E-state index in [0.717, 1.165) is 23.2 Å². The number of nitriles is 1. The second-order valence-electron chi connectivity index (χ2n) is 3.74. The number of hydrogen-bond acceptors (Lipinski definition) is 2. The van der Waals surface area contributed by atoms with Crippen molar-refractivity contribution in [2.75, 3.05) is 0 Å². The topological polar surface area (TPSA) is 56.6 Å². The molecule has 0 bridgehead atoms. The van der Waals surface area contributed by atoms with Crippen molar-refractivity contribution in [1.82, 2.24) is 4.98 Å². The monoisotopic (exact) mass is 224 g/mol. The Labute approximate surface area is 99.4 Å². The van der Waals surface area contributed by atoms with Crippen molar-refractivity contribution in [1.29, 1.82) is 5.26 Å². The van der Waals surface area contributed by atoms with Gasteiger partial charge >= 0.3 is 0 Å². The Morgan fingerprint density at radius 3 is 2.59 bits per heavy atom. The standard InChI is InChI=1S/C14H12N2O/c1-2-10-8-12(9-15)14(17)16-13(10)11-6-4-3-5-7-11/h3-8H,2H2,1H3,(H,16,17). The first-order valence-corrected chi connectivity index (χ1v) is 5.48. The molecular weight excluding hydrogens is 212 g/mol. The van der Waals surface area contributed by atoms with E-state index in [1.165, 1.54) is 0 Å². The minimum atomic E-state index is -0.330. The molecule has 0 aliphatic heterocycles. The second kappa shape index (κ2) is 4.67. The molecule has 0 atom stereocenters. The fourth-order valence-corrected chi connectivity index (χ4v) is 1.80. The SMILES string of the molecule is CCc1cc(C#N)c(=O)[nH]c1-c1ccccc1. The molecule has 1 N–H and O–H groups in total. The van der Waals surface area contributed by atoms with Crippen molar-refractivity contribution in [2.24, 2.45) is 0 Å². The Hall–Kier alpha value is -2.34. The summed E-state index contributed by atoms with van der Waals surface area (Å²) in [6.07, 6.45) is 0.773. The first-order chi connectivity index (χ1) is 8.26. The summed E-state index contributed by atoms with van der Waals surface area (Å²) in [6, 6.07) is 13.2. The molecule has 2 rings (SSSR count). The summed E-state index contributed by atoms with van der Waals surface area (Å²) >= 11 is 0. The number of hydrogen-bond donors (Lipinski definition) is 1. The van der Waals surface area contributed by atoms with E-state index in [1.54, 1.807) is 6.07 Å². The van der Waals surface area contributed by atoms with Gasteiger partial charge in [-0.25, -0.2) is 0 Å². The van der Waals surface area contributed by atoms with Crippen LogP contribution >= 0.6 is 0 Å². The number of nitrogens with one attached hydrogen (secondary N) is 1. The number of nitrogens with zero attached hydrogens (tertiary/aromatic N) is 1. The molecule has 0 unspecified atom stereocenters. The average Bonchev–Trinajstić information content (AvgIpc) is 2.39. The lowest BCUT2D eigenvalue weighted by atomic mass is 10.0. The molecule has 0 amide bonds. The normalized spacial score (nSPS) is 9.88. The smallest absolute Gasteiger partial charge is 0.266 e. The van der Waals surface area contributed by atoms with Crippen LogP contribution in [-0.4, -0.2) is 4.98 Å². The predicted octanol–water partition coefficient (Wildman–Crippen LogP) is 2.48. The van der Waals surface area contributed by atoms with Crippen LogP contribution in [0.1, 0.15) is 18.1 Å². The van der Waals surface area contributed by atoms with Crippen LogP contribution in [-0.2, 0) is 6.42 Å². The van der Waals surface area contributed by atoms with E-state index in [0.29, 0.717) is 0 Å². The molecule has 0 spiro atoms. The molecule has 1 aromatic heterocycles. The van der Waals surface area contributed by atoms with Crippen LogP contribution in [0.15, 0.2) is 41.2 Å². The number of rotatable bonds is 2. The first-order valence-electron chi connectivity index (χ1n) is 5.48. The van der Waals surface area contributed by atoms with Crippen molar-refractivity contribution in [3.8, 4) is 17.3 Å². The lowest BCUT2D eigenvalue weighted by molar-refractivity contribution is 1.08. The van der Waals surface area contributed by atoms with Crippen molar-refractivity contribution in [3.63, 3.8) is 0 Å². The zero-order chi connectivity index (χ0) is 12.3. The van der Waals surface area contributed by atoms with Gasteiger partial charge in [0, 0.05) is 0 Å². The molecule has 0 saturated carbocycles. The van der Waals surface area contributed by atoms with Gasteiger partial charge in [0.2, 0.25) is 0 Å². The fourth-order valence-electron chi connectivity index (χ4n) is 1.80. The number of aromatic nitrogens is 1. The van der Waals surface area contributed by atoms with Gasteiger partial charge in [-0.3, -0.25) is 4.79 Å². The highest BCUT2D eigenvalue weighted by atomic mass is 16.1. The lowest BCUT2D eigenvalue weighted by Gasteiger charge is -2.07. The molecule has 17 heavy (non-hydrogen) atoms. The highest BCUT2D eigenvalue weighted by Crippen LogP contribution is 2.20. The summed E-state index contributed by atoms with van der Waals surface area (Å²) in [5, 5.41) is 8.83. The lowest BCUT2D eigenvalue weighted by Crippen LogP contribution is -2.12. The summed E-state index contributed by atoms with van der Waals surface area (Å²) < 4.78 is 0. The molecule has 84 valence electrons. The van der Waals surface area contributed by atoms with Crippen LogP contribution < -0.4 is 5.56 Å². The summed E-state index contributed by atoms with van der Waals surface area (Å²) in [5.74, 6) is 0. The molecule has 3 heteroatoms. The maximum absolute atomic E-state index is 11.6. The third-order valence-electron chi connectivity index (χ3n) is 2.69. The van der Waals surface area contributed by atoms with Crippen molar-refractivity contribution in [3.05, 3.63) is 57.9 Å². The number of pyridine rings is 1. The molecule has 0 aliphatic rings. The van der Waals surface area contributed by atoms with Crippen molar-refractivity contribution >= 4 is 0 Å². The minimum Gasteiger partial charge on any atom is -0.321 e. The minimum absolute atomic E-state index is 0.168. The largest absolute Gasteiger partial charge is 0.321 e. The zero-order valence-electron chi connectivity index (χ0n) is 9.53. The van der Waals surface area contributed by atoms with Gasteiger partial charge in [-0.2, -0.15) is 5.26 Å². The van der Waals surface area contributed by atoms with Crippen LogP contribution in [0.4, 0.5) is 0 Å². The number of benzene rings is 1. The van der Waals surface area contributed by atoms with Gasteiger partial charge in [0.05, 0.1) is 5.69 Å². The maximum atomic E-state index is 11.6. The van der Waals surface area contributed by atoms with Gasteiger partial charge in [-0.15, -0.1) is 0 Å². The van der Waals surface area contributed by atoms with E-state index >= 15 is 0 Å². The number of aryl methyl sites for hydroxylation is 1. The zero-order valence-corrected chi connectivity index (χ0v) is 9.53. The summed E-state index contributed by atoms with van der Waals surface area (Å²) in [4.78, 5) is 14.4. The third-order valence-corrected chi connectivity index (χ3v) is 2.69. The van der Waals surface area contributed by atoms with E-state index in [2.05, 4.69) is 4.98 Å². The molecule has 0 fully saturated rings. The van der Waals surface area contributed by atoms with Crippen LogP contribution in [0.5, 0.6) is 0 Å². The van der Waals surface area contributed by atoms with Crippen LogP contribution in [0.2, 0.25) is 0 Å². The summed E-state index contributed by atoms with van der Waals surface area (Å²) in [6.45, 7) is 2.00. The summed E-state index contributed by atoms with van der Waals surface area (Å²) in [5.41, 5.74) is 2.58. The molecule has 0 aliphatic carbocycles. The number of aromatic amines is 1. The molecule has 0 saturated heterocycles. The molecule has 0 radical (unpaired) electrons. The van der Waals surface area contributed by atoms with Crippen LogP contribution in [0, 0.1) is 11.3 Å². The molecular formula is C14H12N2O. The first kappa shape index (κ1) is 11.2. The highest BCUT2D eigenvalue weighted by Gasteiger charge is 2.08. The van der Waals surface area contributed by atoms with Crippen LogP contribution in [0.25, 0.3) is 11.3 Å². The Balaban J connectivity index is 2.67. The van der Waals surface area contributed by atoms with Crippen molar-refractivity contribution in [2.45, 2.75) is 13.3 Å². The summed E-state index contributed by atoms with van der Waals surface area (Å²) in [7, 11) is 0. The predicted molar refractivity (Wildman–Crippen MR) is 66.6 cm³/mol.